The Bertz CT molecular complexity index is 195. The van der Waals surface area contributed by atoms with Gasteiger partial charge in [0.2, 0.25) is 0 Å². The summed E-state index contributed by atoms with van der Waals surface area (Å²) in [6.45, 7) is 4.33. The minimum atomic E-state index is 0.587. The van der Waals surface area contributed by atoms with Crippen molar-refractivity contribution in [2.75, 3.05) is 0 Å². The fraction of sp³-hybridized carbons (Fsp3) is 0.500. The van der Waals surface area contributed by atoms with Crippen molar-refractivity contribution >= 4 is 24.0 Å². The molecular formula is C6H10BNS. The Labute approximate surface area is 60.5 Å². The lowest BCUT2D eigenvalue weighted by molar-refractivity contribution is 0.852. The molecule has 0 aromatic carbocycles. The second kappa shape index (κ2) is 2.52. The van der Waals surface area contributed by atoms with Crippen molar-refractivity contribution in [1.29, 1.82) is 0 Å². The summed E-state index contributed by atoms with van der Waals surface area (Å²) in [7, 11) is 2.09. The zero-order valence-corrected chi connectivity index (χ0v) is 6.83. The predicted octanol–water partition coefficient (Wildman–Crippen LogP) is 0.525. The summed E-state index contributed by atoms with van der Waals surface area (Å²) >= 11 is 1.78. The average Bonchev–Trinajstić information content (AvgIpc) is 2.14. The molecule has 0 radical (unpaired) electrons. The second-order valence-corrected chi connectivity index (χ2v) is 3.73. The molecule has 0 saturated heterocycles. The third-order valence-electron chi connectivity index (χ3n) is 1.13. The summed E-state index contributed by atoms with van der Waals surface area (Å²) in [5.41, 5.74) is 0. The molecule has 0 spiro atoms. The minimum Gasteiger partial charge on any atom is -0.250 e. The van der Waals surface area contributed by atoms with Crippen LogP contribution in [0.4, 0.5) is 0 Å². The normalized spacial score (nSPS) is 10.6. The van der Waals surface area contributed by atoms with Crippen molar-refractivity contribution < 1.29 is 0 Å². The van der Waals surface area contributed by atoms with Gasteiger partial charge in [0.1, 0.15) is 0 Å². The molecule has 1 rings (SSSR count). The summed E-state index contributed by atoms with van der Waals surface area (Å²) in [6.07, 6.45) is 1.93. The fourth-order valence-electron chi connectivity index (χ4n) is 0.639. The van der Waals surface area contributed by atoms with E-state index in [4.69, 9.17) is 0 Å². The highest BCUT2D eigenvalue weighted by Gasteiger charge is 2.01. The first-order valence-corrected chi connectivity index (χ1v) is 3.94. The van der Waals surface area contributed by atoms with E-state index in [1.165, 1.54) is 9.78 Å². The van der Waals surface area contributed by atoms with Crippen LogP contribution in [0, 0.1) is 0 Å². The maximum atomic E-state index is 4.23. The molecule has 0 saturated carbocycles. The first-order chi connectivity index (χ1) is 4.20. The number of nitrogens with zero attached hydrogens (tertiary/aromatic N) is 1. The Kier molecular flexibility index (Phi) is 1.91. The lowest BCUT2D eigenvalue weighted by Gasteiger charge is -1.94. The SMILES string of the molecule is Bc1cnc(C(C)C)s1. The lowest BCUT2D eigenvalue weighted by Crippen LogP contribution is -1.89. The largest absolute Gasteiger partial charge is 0.250 e. The first kappa shape index (κ1) is 6.81. The Morgan fingerprint density at radius 3 is 2.56 bits per heavy atom. The lowest BCUT2D eigenvalue weighted by atomic mass is 10.1. The summed E-state index contributed by atoms with van der Waals surface area (Å²) in [5, 5.41) is 1.24. The molecule has 3 heteroatoms. The average molecular weight is 139 g/mol. The van der Waals surface area contributed by atoms with E-state index in [-0.39, 0.29) is 0 Å². The topological polar surface area (TPSA) is 12.9 Å². The van der Waals surface area contributed by atoms with E-state index >= 15 is 0 Å². The van der Waals surface area contributed by atoms with Gasteiger partial charge in [-0.3, -0.25) is 4.98 Å². The number of rotatable bonds is 1. The van der Waals surface area contributed by atoms with E-state index in [0.29, 0.717) is 5.92 Å². The van der Waals surface area contributed by atoms with Gasteiger partial charge in [0, 0.05) is 12.1 Å². The predicted molar refractivity (Wildman–Crippen MR) is 44.4 cm³/mol. The number of hydrogen-bond acceptors (Lipinski definition) is 2. The fourth-order valence-corrected chi connectivity index (χ4v) is 1.42. The Hall–Kier alpha value is -0.305. The highest BCUT2D eigenvalue weighted by atomic mass is 32.1. The third-order valence-corrected chi connectivity index (χ3v) is 2.35. The molecule has 0 atom stereocenters. The zero-order chi connectivity index (χ0) is 6.85. The molecule has 0 aliphatic rings. The molecule has 0 aliphatic heterocycles. The second-order valence-electron chi connectivity index (χ2n) is 2.46. The van der Waals surface area contributed by atoms with E-state index in [1.54, 1.807) is 11.3 Å². The van der Waals surface area contributed by atoms with Crippen LogP contribution in [0.15, 0.2) is 6.20 Å². The van der Waals surface area contributed by atoms with Gasteiger partial charge in [-0.15, -0.1) is 11.3 Å². The van der Waals surface area contributed by atoms with E-state index in [9.17, 15) is 0 Å². The van der Waals surface area contributed by atoms with Gasteiger partial charge < -0.3 is 0 Å². The summed E-state index contributed by atoms with van der Waals surface area (Å²) in [6, 6.07) is 0. The molecule has 1 aromatic heterocycles. The van der Waals surface area contributed by atoms with Crippen molar-refractivity contribution in [2.24, 2.45) is 0 Å². The van der Waals surface area contributed by atoms with E-state index in [1.807, 2.05) is 6.20 Å². The highest BCUT2D eigenvalue weighted by molar-refractivity contribution is 7.19. The molecule has 0 aliphatic carbocycles. The van der Waals surface area contributed by atoms with Crippen molar-refractivity contribution in [3.63, 3.8) is 0 Å². The first-order valence-electron chi connectivity index (χ1n) is 3.12. The third kappa shape index (κ3) is 1.55. The standard InChI is InChI=1S/C6H10BNS/c1-4(2)6-8-3-5(7)9-6/h3-4H,7H2,1-2H3. The Balaban J connectivity index is 2.85. The molecule has 1 aromatic rings. The van der Waals surface area contributed by atoms with Gasteiger partial charge >= 0.3 is 0 Å². The van der Waals surface area contributed by atoms with Crippen LogP contribution >= 0.6 is 11.3 Å². The van der Waals surface area contributed by atoms with E-state index in [0.717, 1.165) is 0 Å². The van der Waals surface area contributed by atoms with Crippen LogP contribution in [0.3, 0.4) is 0 Å². The summed E-state index contributed by atoms with van der Waals surface area (Å²) in [5.74, 6) is 0.587. The monoisotopic (exact) mass is 139 g/mol. The van der Waals surface area contributed by atoms with Crippen LogP contribution in [-0.2, 0) is 0 Å². The maximum Gasteiger partial charge on any atom is 0.154 e. The van der Waals surface area contributed by atoms with Crippen LogP contribution in [0.1, 0.15) is 24.8 Å². The molecule has 0 amide bonds. The molecule has 0 N–H and O–H groups in total. The molecule has 9 heavy (non-hydrogen) atoms. The molecular weight excluding hydrogens is 129 g/mol. The number of aromatic nitrogens is 1. The van der Waals surface area contributed by atoms with Crippen molar-refractivity contribution in [2.45, 2.75) is 19.8 Å². The summed E-state index contributed by atoms with van der Waals surface area (Å²) in [4.78, 5) is 4.23. The van der Waals surface area contributed by atoms with Crippen LogP contribution in [0.5, 0.6) is 0 Å². The van der Waals surface area contributed by atoms with Gasteiger partial charge in [0.05, 0.1) is 5.01 Å². The molecule has 1 heterocycles. The molecule has 0 bridgehead atoms. The van der Waals surface area contributed by atoms with Crippen LogP contribution in [0.25, 0.3) is 0 Å². The van der Waals surface area contributed by atoms with Crippen molar-refractivity contribution in [3.05, 3.63) is 11.2 Å². The van der Waals surface area contributed by atoms with Gasteiger partial charge in [0.15, 0.2) is 7.85 Å². The smallest absolute Gasteiger partial charge is 0.154 e. The van der Waals surface area contributed by atoms with Gasteiger partial charge in [-0.1, -0.05) is 13.8 Å². The van der Waals surface area contributed by atoms with Gasteiger partial charge in [-0.25, -0.2) is 0 Å². The van der Waals surface area contributed by atoms with Crippen molar-refractivity contribution in [1.82, 2.24) is 4.98 Å². The van der Waals surface area contributed by atoms with Crippen LogP contribution in [-0.4, -0.2) is 12.8 Å². The molecule has 0 unspecified atom stereocenters. The van der Waals surface area contributed by atoms with Gasteiger partial charge in [-0.2, -0.15) is 0 Å². The molecule has 0 fully saturated rings. The Morgan fingerprint density at radius 2 is 2.33 bits per heavy atom. The quantitative estimate of drug-likeness (QED) is 0.517. The van der Waals surface area contributed by atoms with Gasteiger partial charge in [0.25, 0.3) is 0 Å². The Morgan fingerprint density at radius 1 is 1.67 bits per heavy atom. The molecule has 1 nitrogen and oxygen atoms in total. The van der Waals surface area contributed by atoms with Crippen LogP contribution < -0.4 is 4.78 Å². The van der Waals surface area contributed by atoms with E-state index in [2.05, 4.69) is 26.7 Å². The highest BCUT2D eigenvalue weighted by Crippen LogP contribution is 2.13. The zero-order valence-electron chi connectivity index (χ0n) is 6.01. The maximum absolute atomic E-state index is 4.23. The van der Waals surface area contributed by atoms with Gasteiger partial charge in [-0.05, 0) is 4.78 Å². The number of thiazole rings is 1. The summed E-state index contributed by atoms with van der Waals surface area (Å²) < 4.78 is 1.30. The van der Waals surface area contributed by atoms with Crippen molar-refractivity contribution in [3.8, 4) is 0 Å². The number of hydrogen-bond donors (Lipinski definition) is 0. The molecule has 48 valence electrons. The van der Waals surface area contributed by atoms with E-state index < -0.39 is 0 Å². The minimum absolute atomic E-state index is 0.587. The van der Waals surface area contributed by atoms with Crippen LogP contribution in [0.2, 0.25) is 0 Å².